The van der Waals surface area contributed by atoms with Gasteiger partial charge in [0.05, 0.1) is 16.3 Å². The number of para-hydroxylation sites is 2. The summed E-state index contributed by atoms with van der Waals surface area (Å²) < 4.78 is 27.8. The van der Waals surface area contributed by atoms with Crippen molar-refractivity contribution in [3.63, 3.8) is 0 Å². The Morgan fingerprint density at radius 3 is 2.21 bits per heavy atom. The Morgan fingerprint density at radius 2 is 1.54 bits per heavy atom. The molecule has 0 aliphatic carbocycles. The first-order valence-corrected chi connectivity index (χ1v) is 10.2. The molecule has 3 N–H and O–H groups in total. The summed E-state index contributed by atoms with van der Waals surface area (Å²) >= 11 is 5.83. The molecule has 0 saturated heterocycles. The molecule has 0 radical (unpaired) electrons. The molecule has 0 aromatic heterocycles. The molecule has 3 aromatic carbocycles. The number of urea groups is 1. The first-order chi connectivity index (χ1) is 13.3. The average Bonchev–Trinajstić information content (AvgIpc) is 2.65. The first-order valence-electron chi connectivity index (χ1n) is 8.35. The fourth-order valence-corrected chi connectivity index (χ4v) is 3.80. The molecule has 0 fully saturated rings. The number of nitrogens with one attached hydrogen (secondary N) is 3. The minimum absolute atomic E-state index is 0.146. The molecule has 0 spiro atoms. The largest absolute Gasteiger partial charge is 0.323 e. The van der Waals surface area contributed by atoms with Gasteiger partial charge in [-0.3, -0.25) is 4.72 Å². The summed E-state index contributed by atoms with van der Waals surface area (Å²) in [5.74, 6) is 0. The van der Waals surface area contributed by atoms with E-state index in [2.05, 4.69) is 15.4 Å². The van der Waals surface area contributed by atoms with Gasteiger partial charge >= 0.3 is 6.03 Å². The number of sulfonamides is 1. The van der Waals surface area contributed by atoms with Gasteiger partial charge in [0.2, 0.25) is 0 Å². The molecule has 0 atom stereocenters. The van der Waals surface area contributed by atoms with Crippen molar-refractivity contribution in [1.82, 2.24) is 0 Å². The quantitative estimate of drug-likeness (QED) is 0.542. The predicted molar refractivity (Wildman–Crippen MR) is 113 cm³/mol. The van der Waals surface area contributed by atoms with Crippen LogP contribution in [-0.2, 0) is 10.0 Å². The molecule has 0 unspecified atom stereocenters. The van der Waals surface area contributed by atoms with E-state index in [1.807, 2.05) is 13.0 Å². The maximum absolute atomic E-state index is 12.7. The van der Waals surface area contributed by atoms with Crippen molar-refractivity contribution in [3.05, 3.63) is 83.4 Å². The molecule has 3 aromatic rings. The number of rotatable bonds is 5. The lowest BCUT2D eigenvalue weighted by atomic mass is 10.2. The lowest BCUT2D eigenvalue weighted by Crippen LogP contribution is -2.21. The minimum Gasteiger partial charge on any atom is -0.308 e. The molecule has 3 rings (SSSR count). The Balaban J connectivity index is 1.77. The minimum atomic E-state index is -3.79. The van der Waals surface area contributed by atoms with Crippen molar-refractivity contribution in [1.29, 1.82) is 0 Å². The second kappa shape index (κ2) is 8.33. The number of hydrogen-bond acceptors (Lipinski definition) is 3. The van der Waals surface area contributed by atoms with Gasteiger partial charge in [0.1, 0.15) is 0 Å². The Bertz CT molecular complexity index is 1100. The highest BCUT2D eigenvalue weighted by atomic mass is 35.5. The van der Waals surface area contributed by atoms with Crippen molar-refractivity contribution in [2.24, 2.45) is 0 Å². The van der Waals surface area contributed by atoms with Gasteiger partial charge in [-0.05, 0) is 61.0 Å². The third-order valence-electron chi connectivity index (χ3n) is 3.82. The average molecular weight is 416 g/mol. The molecular formula is C20H18ClN3O3S. The van der Waals surface area contributed by atoms with E-state index in [0.29, 0.717) is 16.4 Å². The summed E-state index contributed by atoms with van der Waals surface area (Å²) in [5, 5.41) is 5.87. The van der Waals surface area contributed by atoms with E-state index in [9.17, 15) is 13.2 Å². The summed E-state index contributed by atoms with van der Waals surface area (Å²) in [6.07, 6.45) is 0. The lowest BCUT2D eigenvalue weighted by Gasteiger charge is -2.14. The fourth-order valence-electron chi connectivity index (χ4n) is 2.49. The second-order valence-electron chi connectivity index (χ2n) is 6.05. The summed E-state index contributed by atoms with van der Waals surface area (Å²) in [6.45, 7) is 1.82. The van der Waals surface area contributed by atoms with Crippen LogP contribution in [0.1, 0.15) is 5.56 Å². The molecule has 8 heteroatoms. The lowest BCUT2D eigenvalue weighted by molar-refractivity contribution is 0.262. The van der Waals surface area contributed by atoms with Gasteiger partial charge in [-0.25, -0.2) is 13.2 Å². The van der Waals surface area contributed by atoms with Crippen LogP contribution in [0.25, 0.3) is 0 Å². The van der Waals surface area contributed by atoms with Crippen LogP contribution in [-0.4, -0.2) is 14.4 Å². The zero-order valence-corrected chi connectivity index (χ0v) is 16.5. The number of amides is 2. The third-order valence-corrected chi connectivity index (χ3v) is 5.44. The summed E-state index contributed by atoms with van der Waals surface area (Å²) in [6, 6.07) is 19.3. The monoisotopic (exact) mass is 415 g/mol. The highest BCUT2D eigenvalue weighted by Crippen LogP contribution is 2.25. The first kappa shape index (κ1) is 19.7. The summed E-state index contributed by atoms with van der Waals surface area (Å²) in [7, 11) is -3.79. The van der Waals surface area contributed by atoms with E-state index in [-0.39, 0.29) is 10.6 Å². The standard InChI is InChI=1S/C20H18ClN3O3S/c1-14-5-4-6-17(13-14)28(26,27)24-19-8-3-2-7-18(19)23-20(25)22-16-11-9-15(21)10-12-16/h2-13,24H,1H3,(H2,22,23,25). The second-order valence-corrected chi connectivity index (χ2v) is 8.17. The van der Waals surface area contributed by atoms with E-state index in [4.69, 9.17) is 11.6 Å². The maximum atomic E-state index is 12.7. The van der Waals surface area contributed by atoms with Gasteiger partial charge in [0.15, 0.2) is 0 Å². The Kier molecular flexibility index (Phi) is 5.87. The van der Waals surface area contributed by atoms with Crippen LogP contribution in [0, 0.1) is 6.92 Å². The van der Waals surface area contributed by atoms with Crippen molar-refractivity contribution in [2.45, 2.75) is 11.8 Å². The Morgan fingerprint density at radius 1 is 0.857 bits per heavy atom. The normalized spacial score (nSPS) is 10.9. The Labute approximate surface area is 168 Å². The van der Waals surface area contributed by atoms with E-state index in [0.717, 1.165) is 5.56 Å². The smallest absolute Gasteiger partial charge is 0.308 e. The number of carbonyl (C=O) groups is 1. The van der Waals surface area contributed by atoms with Crippen LogP contribution in [0.3, 0.4) is 0 Å². The van der Waals surface area contributed by atoms with Gasteiger partial charge in [-0.1, -0.05) is 35.9 Å². The van der Waals surface area contributed by atoms with E-state index >= 15 is 0 Å². The highest BCUT2D eigenvalue weighted by Gasteiger charge is 2.17. The SMILES string of the molecule is Cc1cccc(S(=O)(=O)Nc2ccccc2NC(=O)Nc2ccc(Cl)cc2)c1. The molecular weight excluding hydrogens is 398 g/mol. The third kappa shape index (κ3) is 5.03. The van der Waals surface area contributed by atoms with Crippen molar-refractivity contribution < 1.29 is 13.2 Å². The van der Waals surface area contributed by atoms with Crippen LogP contribution in [0.2, 0.25) is 5.02 Å². The zero-order chi connectivity index (χ0) is 20.1. The molecule has 6 nitrogen and oxygen atoms in total. The molecule has 28 heavy (non-hydrogen) atoms. The maximum Gasteiger partial charge on any atom is 0.323 e. The molecule has 0 bridgehead atoms. The van der Waals surface area contributed by atoms with Crippen LogP contribution < -0.4 is 15.4 Å². The van der Waals surface area contributed by atoms with Crippen molar-refractivity contribution in [2.75, 3.05) is 15.4 Å². The molecule has 0 aliphatic rings. The van der Waals surface area contributed by atoms with Gasteiger partial charge in [0.25, 0.3) is 10.0 Å². The molecule has 0 aliphatic heterocycles. The molecule has 2 amide bonds. The van der Waals surface area contributed by atoms with Crippen molar-refractivity contribution in [3.8, 4) is 0 Å². The summed E-state index contributed by atoms with van der Waals surface area (Å²) in [5.41, 5.74) is 1.97. The van der Waals surface area contributed by atoms with Gasteiger partial charge in [-0.2, -0.15) is 0 Å². The van der Waals surface area contributed by atoms with Crippen LogP contribution >= 0.6 is 11.6 Å². The van der Waals surface area contributed by atoms with Gasteiger partial charge in [0, 0.05) is 10.7 Å². The number of aryl methyl sites for hydroxylation is 1. The highest BCUT2D eigenvalue weighted by molar-refractivity contribution is 7.92. The number of halogens is 1. The van der Waals surface area contributed by atoms with Crippen LogP contribution in [0.5, 0.6) is 0 Å². The van der Waals surface area contributed by atoms with Crippen molar-refractivity contribution >= 4 is 44.7 Å². The van der Waals surface area contributed by atoms with Crippen LogP contribution in [0.15, 0.2) is 77.7 Å². The number of anilines is 3. The van der Waals surface area contributed by atoms with Gasteiger partial charge < -0.3 is 10.6 Å². The number of hydrogen-bond donors (Lipinski definition) is 3. The molecule has 144 valence electrons. The summed E-state index contributed by atoms with van der Waals surface area (Å²) in [4.78, 5) is 12.4. The molecule has 0 heterocycles. The van der Waals surface area contributed by atoms with E-state index in [1.54, 1.807) is 60.7 Å². The number of carbonyl (C=O) groups excluding carboxylic acids is 1. The van der Waals surface area contributed by atoms with Gasteiger partial charge in [-0.15, -0.1) is 0 Å². The zero-order valence-electron chi connectivity index (χ0n) is 14.9. The fraction of sp³-hybridized carbons (Fsp3) is 0.0500. The predicted octanol–water partition coefficient (Wildman–Crippen LogP) is 5.09. The number of benzene rings is 3. The molecule has 0 saturated carbocycles. The van der Waals surface area contributed by atoms with E-state index < -0.39 is 16.1 Å². The van der Waals surface area contributed by atoms with E-state index in [1.165, 1.54) is 6.07 Å². The Hall–Kier alpha value is -3.03. The topological polar surface area (TPSA) is 87.3 Å². The van der Waals surface area contributed by atoms with Crippen LogP contribution in [0.4, 0.5) is 21.9 Å².